The van der Waals surface area contributed by atoms with E-state index in [2.05, 4.69) is 22.2 Å². The molecule has 1 N–H and O–H groups in total. The number of aromatic nitrogens is 4. The summed E-state index contributed by atoms with van der Waals surface area (Å²) >= 11 is 0. The number of carbonyl (C=O) groups excluding carboxylic acids is 1. The number of anilines is 1. The molecule has 2 unspecified atom stereocenters. The van der Waals surface area contributed by atoms with Gasteiger partial charge in [-0.3, -0.25) is 9.20 Å². The molecule has 2 aliphatic rings. The van der Waals surface area contributed by atoms with Crippen molar-refractivity contribution in [3.8, 4) is 5.88 Å². The molecule has 1 amide bonds. The Labute approximate surface area is 161 Å². The molecule has 9 heteroatoms. The SMILES string of the molecule is COc1nc(NC(=O)c2coc(C)n2)cn2cc(C34CCC(C)(C3)OC4)nc12. The third-order valence-corrected chi connectivity index (χ3v) is 5.78. The number of hydrogen-bond donors (Lipinski definition) is 1. The van der Waals surface area contributed by atoms with Crippen LogP contribution in [0.2, 0.25) is 0 Å². The van der Waals surface area contributed by atoms with Gasteiger partial charge < -0.3 is 19.2 Å². The first-order chi connectivity index (χ1) is 13.4. The van der Waals surface area contributed by atoms with E-state index >= 15 is 0 Å². The van der Waals surface area contributed by atoms with Crippen molar-refractivity contribution in [2.45, 2.75) is 44.1 Å². The molecule has 1 saturated heterocycles. The van der Waals surface area contributed by atoms with Crippen molar-refractivity contribution in [1.29, 1.82) is 0 Å². The first kappa shape index (κ1) is 17.2. The molecule has 2 bridgehead atoms. The van der Waals surface area contributed by atoms with E-state index < -0.39 is 5.91 Å². The topological polar surface area (TPSA) is 104 Å². The van der Waals surface area contributed by atoms with Crippen LogP contribution in [0.5, 0.6) is 5.88 Å². The fraction of sp³-hybridized carbons (Fsp3) is 0.474. The number of carbonyl (C=O) groups is 1. The predicted molar refractivity (Wildman–Crippen MR) is 98.6 cm³/mol. The fourth-order valence-corrected chi connectivity index (χ4v) is 4.32. The quantitative estimate of drug-likeness (QED) is 0.738. The van der Waals surface area contributed by atoms with Gasteiger partial charge in [0.2, 0.25) is 5.65 Å². The van der Waals surface area contributed by atoms with Crippen LogP contribution in [0.25, 0.3) is 5.65 Å². The van der Waals surface area contributed by atoms with Crippen LogP contribution in [0, 0.1) is 6.92 Å². The van der Waals surface area contributed by atoms with Crippen LogP contribution in [0.15, 0.2) is 23.1 Å². The summed E-state index contributed by atoms with van der Waals surface area (Å²) in [6.07, 6.45) is 8.07. The Bertz CT molecular complexity index is 1080. The molecule has 1 aliphatic carbocycles. The van der Waals surface area contributed by atoms with Crippen LogP contribution >= 0.6 is 0 Å². The number of amides is 1. The lowest BCUT2D eigenvalue weighted by Gasteiger charge is -2.24. The Morgan fingerprint density at radius 3 is 2.75 bits per heavy atom. The maximum absolute atomic E-state index is 12.4. The number of rotatable bonds is 4. The van der Waals surface area contributed by atoms with Crippen molar-refractivity contribution in [3.05, 3.63) is 35.9 Å². The van der Waals surface area contributed by atoms with Gasteiger partial charge in [0.15, 0.2) is 17.4 Å². The molecule has 2 fully saturated rings. The minimum Gasteiger partial charge on any atom is -0.478 e. The number of fused-ring (bicyclic) bond motifs is 3. The zero-order valence-electron chi connectivity index (χ0n) is 16.0. The Balaban J connectivity index is 1.50. The lowest BCUT2D eigenvalue weighted by atomic mass is 9.84. The van der Waals surface area contributed by atoms with Gasteiger partial charge in [-0.15, -0.1) is 0 Å². The molecule has 2 atom stereocenters. The summed E-state index contributed by atoms with van der Waals surface area (Å²) in [7, 11) is 1.53. The number of oxazole rings is 1. The van der Waals surface area contributed by atoms with Gasteiger partial charge in [0.25, 0.3) is 11.8 Å². The molecule has 0 radical (unpaired) electrons. The van der Waals surface area contributed by atoms with Crippen molar-refractivity contribution in [1.82, 2.24) is 19.4 Å². The maximum atomic E-state index is 12.4. The minimum atomic E-state index is -0.402. The smallest absolute Gasteiger partial charge is 0.278 e. The third-order valence-electron chi connectivity index (χ3n) is 5.78. The van der Waals surface area contributed by atoms with Crippen molar-refractivity contribution in [3.63, 3.8) is 0 Å². The molecule has 0 aromatic carbocycles. The molecule has 9 nitrogen and oxygen atoms in total. The molecule has 1 aliphatic heterocycles. The van der Waals surface area contributed by atoms with Crippen molar-refractivity contribution < 1.29 is 18.7 Å². The Hall–Kier alpha value is -2.94. The van der Waals surface area contributed by atoms with E-state index in [0.717, 1.165) is 25.0 Å². The number of hydrogen-bond acceptors (Lipinski definition) is 7. The van der Waals surface area contributed by atoms with Crippen LogP contribution in [0.3, 0.4) is 0 Å². The Morgan fingerprint density at radius 2 is 2.14 bits per heavy atom. The maximum Gasteiger partial charge on any atom is 0.278 e. The van der Waals surface area contributed by atoms with E-state index in [0.29, 0.717) is 29.8 Å². The van der Waals surface area contributed by atoms with Gasteiger partial charge in [0.05, 0.1) is 31.2 Å². The Kier molecular flexibility index (Phi) is 3.54. The highest BCUT2D eigenvalue weighted by atomic mass is 16.5. The van der Waals surface area contributed by atoms with Crippen LogP contribution in [0.1, 0.15) is 48.3 Å². The highest BCUT2D eigenvalue weighted by Crippen LogP contribution is 2.53. The van der Waals surface area contributed by atoms with E-state index in [1.807, 2.05) is 10.6 Å². The number of nitrogens with zero attached hydrogens (tertiary/aromatic N) is 4. The van der Waals surface area contributed by atoms with Crippen LogP contribution in [0.4, 0.5) is 5.82 Å². The molecule has 1 saturated carbocycles. The summed E-state index contributed by atoms with van der Waals surface area (Å²) < 4.78 is 18.4. The fourth-order valence-electron chi connectivity index (χ4n) is 4.32. The van der Waals surface area contributed by atoms with Crippen molar-refractivity contribution in [2.75, 3.05) is 19.0 Å². The summed E-state index contributed by atoms with van der Waals surface area (Å²) in [6.45, 7) is 4.52. The zero-order chi connectivity index (χ0) is 19.5. The van der Waals surface area contributed by atoms with Gasteiger partial charge in [-0.05, 0) is 26.2 Å². The summed E-state index contributed by atoms with van der Waals surface area (Å²) in [6, 6.07) is 0. The second-order valence-electron chi connectivity index (χ2n) is 7.89. The highest BCUT2D eigenvalue weighted by Gasteiger charge is 2.55. The molecule has 146 valence electrons. The summed E-state index contributed by atoms with van der Waals surface area (Å²) in [5, 5.41) is 2.73. The summed E-state index contributed by atoms with van der Waals surface area (Å²) in [4.78, 5) is 25.6. The van der Waals surface area contributed by atoms with Crippen LogP contribution < -0.4 is 10.1 Å². The van der Waals surface area contributed by atoms with Crippen LogP contribution in [-0.2, 0) is 10.2 Å². The number of imidazole rings is 1. The van der Waals surface area contributed by atoms with E-state index in [4.69, 9.17) is 18.9 Å². The van der Waals surface area contributed by atoms with Gasteiger partial charge in [-0.1, -0.05) is 0 Å². The van der Waals surface area contributed by atoms with Crippen molar-refractivity contribution in [2.24, 2.45) is 0 Å². The normalized spacial score (nSPS) is 26.1. The molecule has 4 heterocycles. The average Bonchev–Trinajstić information content (AvgIpc) is 3.42. The van der Waals surface area contributed by atoms with Crippen molar-refractivity contribution >= 4 is 17.4 Å². The number of nitrogens with one attached hydrogen (secondary N) is 1. The third kappa shape index (κ3) is 2.57. The van der Waals surface area contributed by atoms with Gasteiger partial charge in [-0.2, -0.15) is 4.98 Å². The Morgan fingerprint density at radius 1 is 1.29 bits per heavy atom. The largest absolute Gasteiger partial charge is 0.478 e. The monoisotopic (exact) mass is 383 g/mol. The molecular weight excluding hydrogens is 362 g/mol. The predicted octanol–water partition coefficient (Wildman–Crippen LogP) is 2.50. The molecule has 0 spiro atoms. The summed E-state index contributed by atoms with van der Waals surface area (Å²) in [5.74, 6) is 0.708. The first-order valence-electron chi connectivity index (χ1n) is 9.21. The van der Waals surface area contributed by atoms with Crippen LogP contribution in [-0.4, -0.2) is 44.6 Å². The standard InChI is InChI=1S/C19H21N5O4/c1-11-20-12(8-27-11)16(25)22-14-7-24-6-13(21-15(24)17(23-14)26-3)19-5-4-18(2,9-19)28-10-19/h6-8H,4-5,9-10H2,1-3H3,(H,22,25). The second-order valence-corrected chi connectivity index (χ2v) is 7.89. The van der Waals surface area contributed by atoms with E-state index in [9.17, 15) is 4.79 Å². The van der Waals surface area contributed by atoms with Gasteiger partial charge in [0.1, 0.15) is 6.26 Å². The molecule has 3 aromatic heterocycles. The number of methoxy groups -OCH3 is 1. The number of aryl methyl sites for hydroxylation is 1. The first-order valence-corrected chi connectivity index (χ1v) is 9.21. The lowest BCUT2D eigenvalue weighted by Crippen LogP contribution is -2.26. The molecule has 28 heavy (non-hydrogen) atoms. The van der Waals surface area contributed by atoms with Gasteiger partial charge >= 0.3 is 0 Å². The molecule has 3 aromatic rings. The summed E-state index contributed by atoms with van der Waals surface area (Å²) in [5.41, 5.74) is 1.67. The molecule has 5 rings (SSSR count). The van der Waals surface area contributed by atoms with E-state index in [1.165, 1.54) is 13.4 Å². The zero-order valence-corrected chi connectivity index (χ0v) is 16.0. The minimum absolute atomic E-state index is 0.0486. The second kappa shape index (κ2) is 5.78. The highest BCUT2D eigenvalue weighted by molar-refractivity contribution is 6.02. The van der Waals surface area contributed by atoms with E-state index in [1.54, 1.807) is 13.1 Å². The average molecular weight is 383 g/mol. The van der Waals surface area contributed by atoms with Gasteiger partial charge in [-0.25, -0.2) is 9.97 Å². The van der Waals surface area contributed by atoms with E-state index in [-0.39, 0.29) is 16.7 Å². The number of ether oxygens (including phenoxy) is 2. The van der Waals surface area contributed by atoms with Gasteiger partial charge in [0, 0.05) is 18.5 Å². The molecular formula is C19H21N5O4. The lowest BCUT2D eigenvalue weighted by molar-refractivity contribution is -0.00627.